The Kier molecular flexibility index (Phi) is 6.90. The van der Waals surface area contributed by atoms with Crippen molar-refractivity contribution < 1.29 is 4.79 Å². The van der Waals surface area contributed by atoms with Crippen molar-refractivity contribution >= 4 is 28.9 Å². The molecule has 1 aromatic carbocycles. The number of halogens is 1. The summed E-state index contributed by atoms with van der Waals surface area (Å²) in [5, 5.41) is 6.76. The number of anilines is 1. The summed E-state index contributed by atoms with van der Waals surface area (Å²) < 4.78 is 2.02. The lowest BCUT2D eigenvalue weighted by Crippen LogP contribution is -2.37. The molecule has 0 atom stereocenters. The van der Waals surface area contributed by atoms with E-state index in [1.165, 1.54) is 6.42 Å². The molecule has 2 aromatic rings. The zero-order valence-electron chi connectivity index (χ0n) is 16.1. The van der Waals surface area contributed by atoms with Crippen molar-refractivity contribution in [2.24, 2.45) is 0 Å². The highest BCUT2D eigenvalue weighted by molar-refractivity contribution is 6.33. The van der Waals surface area contributed by atoms with E-state index >= 15 is 0 Å². The molecule has 0 unspecified atom stereocenters. The topological polar surface area (TPSA) is 62.2 Å². The van der Waals surface area contributed by atoms with E-state index in [1.54, 1.807) is 12.3 Å². The Morgan fingerprint density at radius 2 is 2.14 bits per heavy atom. The second-order valence-electron chi connectivity index (χ2n) is 6.66. The van der Waals surface area contributed by atoms with E-state index in [1.807, 2.05) is 41.8 Å². The van der Waals surface area contributed by atoms with Crippen LogP contribution >= 0.6 is 11.6 Å². The van der Waals surface area contributed by atoms with Crippen LogP contribution in [0, 0.1) is 0 Å². The Hall–Kier alpha value is -2.57. The maximum Gasteiger partial charge on any atom is 0.244 e. The number of para-hydroxylation sites is 1. The van der Waals surface area contributed by atoms with Crippen molar-refractivity contribution in [1.82, 2.24) is 19.8 Å². The number of rotatable bonds is 9. The zero-order chi connectivity index (χ0) is 19.9. The van der Waals surface area contributed by atoms with Crippen molar-refractivity contribution in [2.45, 2.75) is 26.4 Å². The fourth-order valence-electron chi connectivity index (χ4n) is 3.04. The zero-order valence-corrected chi connectivity index (χ0v) is 16.9. The minimum atomic E-state index is -0.110. The van der Waals surface area contributed by atoms with E-state index < -0.39 is 0 Å². The summed E-state index contributed by atoms with van der Waals surface area (Å²) in [4.78, 5) is 18.8. The Bertz CT molecular complexity index is 869. The smallest absolute Gasteiger partial charge is 0.244 e. The average Bonchev–Trinajstić information content (AvgIpc) is 3.07. The molecule has 3 rings (SSSR count). The third-order valence-electron chi connectivity index (χ3n) is 4.73. The van der Waals surface area contributed by atoms with E-state index in [-0.39, 0.29) is 5.91 Å². The molecule has 1 fully saturated rings. The summed E-state index contributed by atoms with van der Waals surface area (Å²) in [6.45, 7) is 10.3. The van der Waals surface area contributed by atoms with Gasteiger partial charge in [0.25, 0.3) is 0 Å². The van der Waals surface area contributed by atoms with Gasteiger partial charge in [-0.05, 0) is 38.6 Å². The highest BCUT2D eigenvalue weighted by atomic mass is 35.5. The van der Waals surface area contributed by atoms with Gasteiger partial charge in [0.15, 0.2) is 0 Å². The number of imidazole rings is 1. The van der Waals surface area contributed by atoms with Crippen molar-refractivity contribution in [3.63, 3.8) is 0 Å². The molecule has 2 heterocycles. The predicted molar refractivity (Wildman–Crippen MR) is 114 cm³/mol. The largest absolute Gasteiger partial charge is 0.353 e. The third-order valence-corrected chi connectivity index (χ3v) is 5.05. The van der Waals surface area contributed by atoms with Gasteiger partial charge >= 0.3 is 0 Å². The van der Waals surface area contributed by atoms with Crippen molar-refractivity contribution in [2.75, 3.05) is 25.0 Å². The Labute approximate surface area is 170 Å². The van der Waals surface area contributed by atoms with Crippen LogP contribution in [0.3, 0.4) is 0 Å². The summed E-state index contributed by atoms with van der Waals surface area (Å²) in [7, 11) is 0. The van der Waals surface area contributed by atoms with Crippen LogP contribution in [0.5, 0.6) is 0 Å². The van der Waals surface area contributed by atoms with Gasteiger partial charge < -0.3 is 15.2 Å². The first-order chi connectivity index (χ1) is 13.6. The first-order valence-corrected chi connectivity index (χ1v) is 9.88. The maximum absolute atomic E-state index is 12.0. The number of hydrogen-bond acceptors (Lipinski definition) is 4. The summed E-state index contributed by atoms with van der Waals surface area (Å²) in [6.07, 6.45) is 6.51. The van der Waals surface area contributed by atoms with Crippen LogP contribution in [0.25, 0.3) is 5.70 Å². The van der Waals surface area contributed by atoms with E-state index in [0.29, 0.717) is 23.8 Å². The molecule has 1 aliphatic heterocycles. The van der Waals surface area contributed by atoms with Gasteiger partial charge in [-0.3, -0.25) is 9.69 Å². The van der Waals surface area contributed by atoms with Crippen LogP contribution in [-0.4, -0.2) is 40.0 Å². The van der Waals surface area contributed by atoms with E-state index in [2.05, 4.69) is 27.1 Å². The molecular formula is C21H26ClN5O. The average molecular weight is 400 g/mol. The standard InChI is InChI=1S/C21H26ClN5O/c1-3-27-19(16(2)25-18-9-5-4-8-17(18)22)14-23-20(27)15-24-21(28)10-6-11-26-12-7-13-26/h4-6,8-10,14,25H,2-3,7,11-13,15H2,1H3,(H,24,28)/b10-6+. The molecule has 0 spiro atoms. The molecule has 1 aromatic heterocycles. The molecule has 2 N–H and O–H groups in total. The van der Waals surface area contributed by atoms with Crippen LogP contribution in [0.1, 0.15) is 24.9 Å². The van der Waals surface area contributed by atoms with Gasteiger partial charge in [0.1, 0.15) is 5.82 Å². The second kappa shape index (κ2) is 9.57. The molecule has 0 saturated carbocycles. The van der Waals surface area contributed by atoms with Crippen LogP contribution in [0.4, 0.5) is 5.69 Å². The van der Waals surface area contributed by atoms with Crippen LogP contribution < -0.4 is 10.6 Å². The summed E-state index contributed by atoms with van der Waals surface area (Å²) in [5.41, 5.74) is 2.36. The first-order valence-electron chi connectivity index (χ1n) is 9.50. The highest BCUT2D eigenvalue weighted by Crippen LogP contribution is 2.25. The molecular weight excluding hydrogens is 374 g/mol. The van der Waals surface area contributed by atoms with E-state index in [0.717, 1.165) is 36.8 Å². The highest BCUT2D eigenvalue weighted by Gasteiger charge is 2.13. The number of aromatic nitrogens is 2. The molecule has 0 radical (unpaired) electrons. The van der Waals surface area contributed by atoms with Crippen molar-refractivity contribution in [1.29, 1.82) is 0 Å². The molecule has 7 heteroatoms. The fourth-order valence-corrected chi connectivity index (χ4v) is 3.22. The van der Waals surface area contributed by atoms with Gasteiger partial charge in [0.2, 0.25) is 5.91 Å². The lowest BCUT2D eigenvalue weighted by molar-refractivity contribution is -0.116. The number of hydrogen-bond donors (Lipinski definition) is 2. The van der Waals surface area contributed by atoms with Gasteiger partial charge in [0, 0.05) is 19.2 Å². The Morgan fingerprint density at radius 3 is 2.82 bits per heavy atom. The minimum absolute atomic E-state index is 0.110. The first kappa shape index (κ1) is 20.2. The van der Waals surface area contributed by atoms with Crippen LogP contribution in [0.15, 0.2) is 49.2 Å². The van der Waals surface area contributed by atoms with Crippen LogP contribution in [-0.2, 0) is 17.9 Å². The third kappa shape index (κ3) is 5.03. The number of carbonyl (C=O) groups is 1. The number of nitrogens with one attached hydrogen (secondary N) is 2. The van der Waals surface area contributed by atoms with Crippen molar-refractivity contribution in [3.8, 4) is 0 Å². The number of benzene rings is 1. The number of nitrogens with zero attached hydrogens (tertiary/aromatic N) is 3. The summed E-state index contributed by atoms with van der Waals surface area (Å²) >= 11 is 6.21. The molecule has 1 amide bonds. The summed E-state index contributed by atoms with van der Waals surface area (Å²) in [6, 6.07) is 7.51. The van der Waals surface area contributed by atoms with Gasteiger partial charge in [-0.25, -0.2) is 4.98 Å². The van der Waals surface area contributed by atoms with Gasteiger partial charge in [-0.1, -0.05) is 36.4 Å². The lowest BCUT2D eigenvalue weighted by Gasteiger charge is -2.29. The van der Waals surface area contributed by atoms with Gasteiger partial charge in [0.05, 0.1) is 34.8 Å². The number of amides is 1. The number of carbonyl (C=O) groups excluding carboxylic acids is 1. The molecule has 6 nitrogen and oxygen atoms in total. The van der Waals surface area contributed by atoms with Gasteiger partial charge in [-0.15, -0.1) is 0 Å². The van der Waals surface area contributed by atoms with E-state index in [9.17, 15) is 4.79 Å². The Morgan fingerprint density at radius 1 is 1.36 bits per heavy atom. The fraction of sp³-hybridized carbons (Fsp3) is 0.333. The molecule has 1 saturated heterocycles. The SMILES string of the molecule is C=C(Nc1ccccc1Cl)c1cnc(CNC(=O)/C=C/CN2CCC2)n1CC. The molecule has 0 aliphatic carbocycles. The monoisotopic (exact) mass is 399 g/mol. The normalized spacial score (nSPS) is 14.1. The Balaban J connectivity index is 1.59. The maximum atomic E-state index is 12.0. The lowest BCUT2D eigenvalue weighted by atomic mass is 10.2. The van der Waals surface area contributed by atoms with Gasteiger partial charge in [-0.2, -0.15) is 0 Å². The van der Waals surface area contributed by atoms with E-state index in [4.69, 9.17) is 11.6 Å². The second-order valence-corrected chi connectivity index (χ2v) is 7.07. The van der Waals surface area contributed by atoms with Crippen molar-refractivity contribution in [3.05, 3.63) is 65.7 Å². The predicted octanol–water partition coefficient (Wildman–Crippen LogP) is 3.52. The number of likely N-dealkylation sites (tertiary alicyclic amines) is 1. The summed E-state index contributed by atoms with van der Waals surface area (Å²) in [5.74, 6) is 0.671. The quantitative estimate of drug-likeness (QED) is 0.633. The minimum Gasteiger partial charge on any atom is -0.353 e. The molecule has 148 valence electrons. The molecule has 1 aliphatic rings. The van der Waals surface area contributed by atoms with Crippen LogP contribution in [0.2, 0.25) is 5.02 Å². The molecule has 0 bridgehead atoms. The molecule has 28 heavy (non-hydrogen) atoms.